The molecule has 0 fully saturated rings. The van der Waals surface area contributed by atoms with E-state index in [9.17, 15) is 19.3 Å². The van der Waals surface area contributed by atoms with Crippen molar-refractivity contribution >= 4 is 11.7 Å². The third-order valence-corrected chi connectivity index (χ3v) is 2.79. The van der Waals surface area contributed by atoms with Crippen LogP contribution in [0.25, 0.3) is 0 Å². The molecule has 0 aliphatic rings. The molecule has 1 aromatic carbocycles. The van der Waals surface area contributed by atoms with E-state index < -0.39 is 22.8 Å². The van der Waals surface area contributed by atoms with Crippen LogP contribution in [-0.4, -0.2) is 22.0 Å². The van der Waals surface area contributed by atoms with Crippen LogP contribution in [-0.2, 0) is 11.3 Å². The van der Waals surface area contributed by atoms with Gasteiger partial charge in [0.15, 0.2) is 0 Å². The fourth-order valence-electron chi connectivity index (χ4n) is 1.77. The molecule has 7 heteroatoms. The Hall–Kier alpha value is -2.02. The lowest BCUT2D eigenvalue weighted by molar-refractivity contribution is -0.385. The number of nitro benzene ring substituents is 1. The van der Waals surface area contributed by atoms with Gasteiger partial charge in [-0.3, -0.25) is 14.9 Å². The standard InChI is InChI=1S/C13H17FN2O4/c1-8(2)5-12(13(17)18)15-7-9-3-4-10(16(19)20)6-11(9)14/h3-4,6,8,12,15H,5,7H2,1-2H3,(H,17,18). The van der Waals surface area contributed by atoms with Gasteiger partial charge in [-0.1, -0.05) is 13.8 Å². The van der Waals surface area contributed by atoms with Crippen molar-refractivity contribution in [3.05, 3.63) is 39.7 Å². The van der Waals surface area contributed by atoms with Crippen LogP contribution < -0.4 is 5.32 Å². The maximum Gasteiger partial charge on any atom is 0.320 e. The van der Waals surface area contributed by atoms with Crippen LogP contribution >= 0.6 is 0 Å². The molecule has 0 aliphatic carbocycles. The molecule has 0 amide bonds. The van der Waals surface area contributed by atoms with E-state index >= 15 is 0 Å². The molecule has 1 aromatic rings. The number of aliphatic carboxylic acids is 1. The van der Waals surface area contributed by atoms with Crippen molar-refractivity contribution in [3.63, 3.8) is 0 Å². The highest BCUT2D eigenvalue weighted by molar-refractivity contribution is 5.73. The Kier molecular flexibility index (Phi) is 5.57. The lowest BCUT2D eigenvalue weighted by atomic mass is 10.0. The molecule has 110 valence electrons. The van der Waals surface area contributed by atoms with Crippen LogP contribution in [0.1, 0.15) is 25.8 Å². The SMILES string of the molecule is CC(C)CC(NCc1ccc([N+](=O)[O-])cc1F)C(=O)O. The largest absolute Gasteiger partial charge is 0.480 e. The van der Waals surface area contributed by atoms with Crippen LogP contribution in [0.4, 0.5) is 10.1 Å². The zero-order chi connectivity index (χ0) is 15.3. The zero-order valence-electron chi connectivity index (χ0n) is 11.3. The fourth-order valence-corrected chi connectivity index (χ4v) is 1.77. The average Bonchev–Trinajstić information content (AvgIpc) is 2.34. The molecule has 2 N–H and O–H groups in total. The number of rotatable bonds is 7. The maximum atomic E-state index is 13.6. The third kappa shape index (κ3) is 4.58. The summed E-state index contributed by atoms with van der Waals surface area (Å²) in [6.45, 7) is 3.79. The molecule has 0 radical (unpaired) electrons. The Morgan fingerprint density at radius 1 is 1.50 bits per heavy atom. The summed E-state index contributed by atoms with van der Waals surface area (Å²) in [5, 5.41) is 22.3. The molecule has 20 heavy (non-hydrogen) atoms. The van der Waals surface area contributed by atoms with Gasteiger partial charge in [0.1, 0.15) is 11.9 Å². The number of nitrogens with one attached hydrogen (secondary N) is 1. The minimum atomic E-state index is -0.999. The third-order valence-electron chi connectivity index (χ3n) is 2.79. The van der Waals surface area contributed by atoms with Crippen LogP contribution in [0, 0.1) is 21.8 Å². The van der Waals surface area contributed by atoms with E-state index in [1.807, 2.05) is 13.8 Å². The molecule has 0 saturated carbocycles. The Morgan fingerprint density at radius 2 is 2.15 bits per heavy atom. The first-order valence-electron chi connectivity index (χ1n) is 6.20. The minimum absolute atomic E-state index is 0.00745. The van der Waals surface area contributed by atoms with Gasteiger partial charge in [0.25, 0.3) is 5.69 Å². The van der Waals surface area contributed by atoms with Gasteiger partial charge in [-0.05, 0) is 18.4 Å². The Morgan fingerprint density at radius 3 is 2.60 bits per heavy atom. The minimum Gasteiger partial charge on any atom is -0.480 e. The molecular weight excluding hydrogens is 267 g/mol. The number of carbonyl (C=O) groups is 1. The molecule has 1 rings (SSSR count). The van der Waals surface area contributed by atoms with E-state index in [0.29, 0.717) is 6.42 Å². The molecule has 6 nitrogen and oxygen atoms in total. The van der Waals surface area contributed by atoms with Gasteiger partial charge in [0, 0.05) is 18.2 Å². The lowest BCUT2D eigenvalue weighted by Gasteiger charge is -2.16. The van der Waals surface area contributed by atoms with E-state index in [-0.39, 0.29) is 23.7 Å². The van der Waals surface area contributed by atoms with Gasteiger partial charge in [-0.25, -0.2) is 4.39 Å². The van der Waals surface area contributed by atoms with Crippen molar-refractivity contribution in [2.45, 2.75) is 32.9 Å². The summed E-state index contributed by atoms with van der Waals surface area (Å²) in [6, 6.07) is 2.53. The number of nitro groups is 1. The second kappa shape index (κ2) is 6.95. The second-order valence-corrected chi connectivity index (χ2v) is 4.93. The van der Waals surface area contributed by atoms with Crippen LogP contribution in [0.3, 0.4) is 0 Å². The summed E-state index contributed by atoms with van der Waals surface area (Å²) in [4.78, 5) is 20.8. The monoisotopic (exact) mass is 284 g/mol. The molecule has 0 bridgehead atoms. The first-order valence-corrected chi connectivity index (χ1v) is 6.20. The topological polar surface area (TPSA) is 92.5 Å². The zero-order valence-corrected chi connectivity index (χ0v) is 11.3. The molecule has 1 atom stereocenters. The van der Waals surface area contributed by atoms with Crippen molar-refractivity contribution in [3.8, 4) is 0 Å². The van der Waals surface area contributed by atoms with E-state index in [1.165, 1.54) is 12.1 Å². The van der Waals surface area contributed by atoms with Crippen molar-refractivity contribution in [2.24, 2.45) is 5.92 Å². The van der Waals surface area contributed by atoms with Gasteiger partial charge < -0.3 is 10.4 Å². The summed E-state index contributed by atoms with van der Waals surface area (Å²) >= 11 is 0. The summed E-state index contributed by atoms with van der Waals surface area (Å²) in [5.74, 6) is -1.54. The van der Waals surface area contributed by atoms with Crippen molar-refractivity contribution < 1.29 is 19.2 Å². The molecule has 1 unspecified atom stereocenters. The number of carboxylic acids is 1. The predicted molar refractivity (Wildman–Crippen MR) is 70.8 cm³/mol. The summed E-state index contributed by atoms with van der Waals surface area (Å²) in [6.07, 6.45) is 0.421. The number of halogens is 1. The average molecular weight is 284 g/mol. The molecule has 0 spiro atoms. The fraction of sp³-hybridized carbons (Fsp3) is 0.462. The Bertz CT molecular complexity index is 505. The Labute approximate surface area is 115 Å². The number of nitrogens with zero attached hydrogens (tertiary/aromatic N) is 1. The van der Waals surface area contributed by atoms with Gasteiger partial charge in [0.05, 0.1) is 11.0 Å². The first-order chi connectivity index (χ1) is 9.31. The summed E-state index contributed by atoms with van der Waals surface area (Å²) < 4.78 is 13.6. The molecular formula is C13H17FN2O4. The second-order valence-electron chi connectivity index (χ2n) is 4.93. The van der Waals surface area contributed by atoms with E-state index in [4.69, 9.17) is 5.11 Å². The van der Waals surface area contributed by atoms with Crippen LogP contribution in [0.15, 0.2) is 18.2 Å². The van der Waals surface area contributed by atoms with E-state index in [1.54, 1.807) is 0 Å². The lowest BCUT2D eigenvalue weighted by Crippen LogP contribution is -2.37. The van der Waals surface area contributed by atoms with Crippen LogP contribution in [0.5, 0.6) is 0 Å². The van der Waals surface area contributed by atoms with Crippen LogP contribution in [0.2, 0.25) is 0 Å². The van der Waals surface area contributed by atoms with E-state index in [0.717, 1.165) is 6.07 Å². The highest BCUT2D eigenvalue weighted by Crippen LogP contribution is 2.17. The smallest absolute Gasteiger partial charge is 0.320 e. The normalized spacial score (nSPS) is 12.4. The molecule has 0 saturated heterocycles. The van der Waals surface area contributed by atoms with Gasteiger partial charge in [-0.2, -0.15) is 0 Å². The number of non-ortho nitro benzene ring substituents is 1. The molecule has 0 heterocycles. The van der Waals surface area contributed by atoms with Gasteiger partial charge in [0.2, 0.25) is 0 Å². The highest BCUT2D eigenvalue weighted by atomic mass is 19.1. The molecule has 0 aromatic heterocycles. The number of hydrogen-bond donors (Lipinski definition) is 2. The first kappa shape index (κ1) is 16.0. The summed E-state index contributed by atoms with van der Waals surface area (Å²) in [5.41, 5.74) is -0.131. The van der Waals surface area contributed by atoms with Crippen molar-refractivity contribution in [1.29, 1.82) is 0 Å². The van der Waals surface area contributed by atoms with Crippen molar-refractivity contribution in [2.75, 3.05) is 0 Å². The van der Waals surface area contributed by atoms with Gasteiger partial charge in [-0.15, -0.1) is 0 Å². The van der Waals surface area contributed by atoms with Gasteiger partial charge >= 0.3 is 5.97 Å². The Balaban J connectivity index is 2.73. The predicted octanol–water partition coefficient (Wildman–Crippen LogP) is 2.32. The maximum absolute atomic E-state index is 13.6. The molecule has 0 aliphatic heterocycles. The highest BCUT2D eigenvalue weighted by Gasteiger charge is 2.19. The summed E-state index contributed by atoms with van der Waals surface area (Å²) in [7, 11) is 0. The van der Waals surface area contributed by atoms with E-state index in [2.05, 4.69) is 5.32 Å². The number of carboxylic acid groups (broad SMARTS) is 1. The number of hydrogen-bond acceptors (Lipinski definition) is 4. The number of benzene rings is 1. The quantitative estimate of drug-likeness (QED) is 0.592. The van der Waals surface area contributed by atoms with Crippen molar-refractivity contribution in [1.82, 2.24) is 5.32 Å².